The number of aryl methyl sites for hydroxylation is 1. The van der Waals surface area contributed by atoms with Crippen LogP contribution >= 0.6 is 0 Å². The normalized spacial score (nSPS) is 11.2. The van der Waals surface area contributed by atoms with Crippen molar-refractivity contribution in [2.24, 2.45) is 0 Å². The highest BCUT2D eigenvalue weighted by Gasteiger charge is 2.25. The molecule has 1 N–H and O–H groups in total. The lowest BCUT2D eigenvalue weighted by Gasteiger charge is -2.12. The van der Waals surface area contributed by atoms with Crippen molar-refractivity contribution >= 4 is 5.82 Å². The summed E-state index contributed by atoms with van der Waals surface area (Å²) >= 11 is 0. The van der Waals surface area contributed by atoms with Gasteiger partial charge in [-0.25, -0.2) is 0 Å². The molecule has 0 bridgehead atoms. The topological polar surface area (TPSA) is 61.6 Å². The summed E-state index contributed by atoms with van der Waals surface area (Å²) in [4.78, 5) is 0. The lowest BCUT2D eigenvalue weighted by molar-refractivity contribution is -0.135. The second-order valence-corrected chi connectivity index (χ2v) is 4.67. The highest BCUT2D eigenvalue weighted by atomic mass is 19.4. The van der Waals surface area contributed by atoms with E-state index >= 15 is 0 Å². The first-order valence-electron chi connectivity index (χ1n) is 7.02. The largest absolute Gasteiger partial charge is 0.389 e. The van der Waals surface area contributed by atoms with Crippen molar-refractivity contribution in [2.75, 3.05) is 11.9 Å². The number of unbranched alkanes of at least 4 members (excludes halogenated alkanes) is 1. The molecule has 0 amide bonds. The van der Waals surface area contributed by atoms with Gasteiger partial charge in [0, 0.05) is 13.0 Å². The first-order valence-corrected chi connectivity index (χ1v) is 7.02. The Balaban J connectivity index is 2.66. The van der Waals surface area contributed by atoms with Crippen LogP contribution in [0.4, 0.5) is 19.0 Å². The zero-order valence-electron chi connectivity index (χ0n) is 12.2. The third kappa shape index (κ3) is 5.21. The molecule has 0 aromatic carbocycles. The summed E-state index contributed by atoms with van der Waals surface area (Å²) in [6, 6.07) is 2.11. The lowest BCUT2D eigenvalue weighted by atomic mass is 10.0. The van der Waals surface area contributed by atoms with Crippen molar-refractivity contribution < 1.29 is 13.2 Å². The molecular weight excluding hydrogens is 281 g/mol. The zero-order valence-corrected chi connectivity index (χ0v) is 12.2. The molecule has 0 aliphatic heterocycles. The van der Waals surface area contributed by atoms with Gasteiger partial charge in [-0.3, -0.25) is 0 Å². The summed E-state index contributed by atoms with van der Waals surface area (Å²) in [7, 11) is 0. The number of aromatic nitrogens is 2. The maximum Gasteiger partial charge on any atom is 0.389 e. The van der Waals surface area contributed by atoms with Crippen LogP contribution in [0.25, 0.3) is 0 Å². The lowest BCUT2D eigenvalue weighted by Crippen LogP contribution is -2.12. The van der Waals surface area contributed by atoms with Gasteiger partial charge in [0.15, 0.2) is 5.82 Å². The van der Waals surface area contributed by atoms with Crippen LogP contribution < -0.4 is 5.32 Å². The van der Waals surface area contributed by atoms with Gasteiger partial charge < -0.3 is 5.32 Å². The number of hydrogen-bond donors (Lipinski definition) is 1. The van der Waals surface area contributed by atoms with Crippen LogP contribution in [-0.4, -0.2) is 22.9 Å². The molecule has 0 saturated heterocycles. The fourth-order valence-electron chi connectivity index (χ4n) is 2.07. The van der Waals surface area contributed by atoms with Gasteiger partial charge >= 0.3 is 6.18 Å². The molecule has 7 heteroatoms. The van der Waals surface area contributed by atoms with Crippen molar-refractivity contribution in [1.82, 2.24) is 10.2 Å². The summed E-state index contributed by atoms with van der Waals surface area (Å²) in [5.74, 6) is 0.360. The SMILES string of the molecule is CCc1nnc(NCCCCC(F)(F)F)c(C#N)c1CC. The van der Waals surface area contributed by atoms with E-state index in [1.807, 2.05) is 13.8 Å². The number of anilines is 1. The number of nitriles is 1. The van der Waals surface area contributed by atoms with Crippen LogP contribution in [0.3, 0.4) is 0 Å². The molecule has 0 aliphatic carbocycles. The van der Waals surface area contributed by atoms with E-state index in [-0.39, 0.29) is 6.42 Å². The van der Waals surface area contributed by atoms with Gasteiger partial charge in [-0.15, -0.1) is 5.10 Å². The molecule has 1 heterocycles. The maximum absolute atomic E-state index is 12.0. The Bertz CT molecular complexity index is 506. The second kappa shape index (κ2) is 7.81. The summed E-state index contributed by atoms with van der Waals surface area (Å²) in [5, 5.41) is 20.2. The molecule has 116 valence electrons. The molecule has 0 atom stereocenters. The first-order chi connectivity index (χ1) is 9.92. The van der Waals surface area contributed by atoms with E-state index in [0.29, 0.717) is 37.2 Å². The minimum absolute atomic E-state index is 0.0551. The fourth-order valence-corrected chi connectivity index (χ4v) is 2.07. The fraction of sp³-hybridized carbons (Fsp3) is 0.643. The van der Waals surface area contributed by atoms with Crippen LogP contribution in [0.1, 0.15) is 49.9 Å². The van der Waals surface area contributed by atoms with Crippen LogP contribution in [0, 0.1) is 11.3 Å². The molecule has 0 saturated carbocycles. The Kier molecular flexibility index (Phi) is 6.40. The molecule has 0 fully saturated rings. The molecule has 0 spiro atoms. The molecule has 1 aromatic rings. The van der Waals surface area contributed by atoms with Crippen molar-refractivity contribution in [3.05, 3.63) is 16.8 Å². The van der Waals surface area contributed by atoms with Crippen LogP contribution in [0.2, 0.25) is 0 Å². The molecule has 0 radical (unpaired) electrons. The predicted molar refractivity (Wildman–Crippen MR) is 73.9 cm³/mol. The van der Waals surface area contributed by atoms with Crippen molar-refractivity contribution in [1.29, 1.82) is 5.26 Å². The van der Waals surface area contributed by atoms with Crippen LogP contribution in [-0.2, 0) is 12.8 Å². The van der Waals surface area contributed by atoms with Crippen LogP contribution in [0.15, 0.2) is 0 Å². The maximum atomic E-state index is 12.0. The zero-order chi connectivity index (χ0) is 15.9. The van der Waals surface area contributed by atoms with E-state index in [0.717, 1.165) is 11.3 Å². The average molecular weight is 300 g/mol. The van der Waals surface area contributed by atoms with E-state index in [9.17, 15) is 18.4 Å². The van der Waals surface area contributed by atoms with Crippen molar-refractivity contribution in [2.45, 2.75) is 52.1 Å². The van der Waals surface area contributed by atoms with E-state index in [2.05, 4.69) is 21.6 Å². The Morgan fingerprint density at radius 3 is 2.38 bits per heavy atom. The second-order valence-electron chi connectivity index (χ2n) is 4.67. The van der Waals surface area contributed by atoms with Gasteiger partial charge in [0.2, 0.25) is 0 Å². The highest BCUT2D eigenvalue weighted by molar-refractivity contribution is 5.56. The highest BCUT2D eigenvalue weighted by Crippen LogP contribution is 2.23. The Labute approximate surface area is 122 Å². The molecule has 0 unspecified atom stereocenters. The quantitative estimate of drug-likeness (QED) is 0.781. The monoisotopic (exact) mass is 300 g/mol. The van der Waals surface area contributed by atoms with Gasteiger partial charge in [0.05, 0.1) is 5.69 Å². The number of hydrogen-bond acceptors (Lipinski definition) is 4. The molecule has 21 heavy (non-hydrogen) atoms. The van der Waals surface area contributed by atoms with E-state index in [1.165, 1.54) is 0 Å². The summed E-state index contributed by atoms with van der Waals surface area (Å²) in [6.07, 6.45) is -3.13. The van der Waals surface area contributed by atoms with Gasteiger partial charge in [-0.2, -0.15) is 23.5 Å². The minimum atomic E-state index is -4.12. The summed E-state index contributed by atoms with van der Waals surface area (Å²) < 4.78 is 36.1. The Morgan fingerprint density at radius 1 is 1.14 bits per heavy atom. The molecule has 4 nitrogen and oxygen atoms in total. The molecule has 0 aliphatic rings. The van der Waals surface area contributed by atoms with Gasteiger partial charge in [-0.1, -0.05) is 13.8 Å². The van der Waals surface area contributed by atoms with Gasteiger partial charge in [0.1, 0.15) is 11.6 Å². The summed E-state index contributed by atoms with van der Waals surface area (Å²) in [5.41, 5.74) is 2.09. The number of nitrogens with one attached hydrogen (secondary N) is 1. The third-order valence-electron chi connectivity index (χ3n) is 3.14. The molecule has 1 aromatic heterocycles. The van der Waals surface area contributed by atoms with Crippen molar-refractivity contribution in [3.8, 4) is 6.07 Å². The van der Waals surface area contributed by atoms with E-state index in [4.69, 9.17) is 0 Å². The van der Waals surface area contributed by atoms with Gasteiger partial charge in [-0.05, 0) is 31.2 Å². The number of halogens is 3. The first kappa shape index (κ1) is 17.2. The Hall–Kier alpha value is -1.84. The number of rotatable bonds is 7. The standard InChI is InChI=1S/C14H19F3N4/c1-3-10-11(9-18)13(21-20-12(10)4-2)19-8-6-5-7-14(15,16)17/h3-8H2,1-2H3,(H,19,21). The minimum Gasteiger partial charge on any atom is -0.367 e. The van der Waals surface area contributed by atoms with Gasteiger partial charge in [0.25, 0.3) is 0 Å². The van der Waals surface area contributed by atoms with Crippen molar-refractivity contribution in [3.63, 3.8) is 0 Å². The summed E-state index contributed by atoms with van der Waals surface area (Å²) in [6.45, 7) is 4.22. The van der Waals surface area contributed by atoms with E-state index < -0.39 is 12.6 Å². The molecular formula is C14H19F3N4. The average Bonchev–Trinajstić information content (AvgIpc) is 2.44. The van der Waals surface area contributed by atoms with E-state index in [1.54, 1.807) is 0 Å². The Morgan fingerprint density at radius 2 is 1.86 bits per heavy atom. The molecule has 1 rings (SSSR count). The number of alkyl halides is 3. The predicted octanol–water partition coefficient (Wildman–Crippen LogP) is 3.62. The smallest absolute Gasteiger partial charge is 0.367 e. The van der Waals surface area contributed by atoms with Crippen LogP contribution in [0.5, 0.6) is 0 Å². The third-order valence-corrected chi connectivity index (χ3v) is 3.14. The number of nitrogens with zero attached hydrogens (tertiary/aromatic N) is 3.